The number of aromatic nitrogens is 2. The third kappa shape index (κ3) is 13.4. The molecule has 1 amide bonds. The van der Waals surface area contributed by atoms with Gasteiger partial charge in [0.2, 0.25) is 20.0 Å². The molecule has 1 fully saturated rings. The van der Waals surface area contributed by atoms with Gasteiger partial charge >= 0.3 is 7.12 Å². The van der Waals surface area contributed by atoms with Gasteiger partial charge in [-0.3, -0.25) is 27.8 Å². The van der Waals surface area contributed by atoms with E-state index in [1.165, 1.54) is 103 Å². The Bertz CT molecular complexity index is 5360. The summed E-state index contributed by atoms with van der Waals surface area (Å²) in [5, 5.41) is 3.35. The number of sulfonamides is 2. The van der Waals surface area contributed by atoms with E-state index >= 15 is 0 Å². The number of rotatable bonds is 13. The smallest absolute Gasteiger partial charge is 0.455 e. The molecule has 0 spiro atoms. The number of aryl methyl sites for hydroxylation is 2. The van der Waals surface area contributed by atoms with Crippen LogP contribution in [-0.2, 0) is 56.3 Å². The van der Waals surface area contributed by atoms with Gasteiger partial charge in [0.15, 0.2) is 5.78 Å². The number of halogens is 5. The van der Waals surface area contributed by atoms with Crippen molar-refractivity contribution in [3.05, 3.63) is 227 Å². The van der Waals surface area contributed by atoms with Gasteiger partial charge in [0, 0.05) is 120 Å². The van der Waals surface area contributed by atoms with Crippen LogP contribution in [0.25, 0.3) is 84.6 Å². The molecule has 98 heavy (non-hydrogen) atoms. The normalized spacial score (nSPS) is 14.4. The first-order valence-corrected chi connectivity index (χ1v) is 35.3. The molecule has 25 heteroatoms. The number of carbonyl (C=O) groups excluding carboxylic acids is 2. The molecule has 0 atom stereocenters. The molecule has 17 nitrogen and oxygen atoms in total. The number of nitrogens with one attached hydrogen (secondary N) is 1. The van der Waals surface area contributed by atoms with E-state index in [2.05, 4.69) is 21.2 Å². The van der Waals surface area contributed by atoms with Crippen LogP contribution in [0.5, 0.6) is 0 Å². The second kappa shape index (κ2) is 26.5. The first-order valence-electron chi connectivity index (χ1n) is 30.8. The second-order valence-corrected chi connectivity index (χ2v) is 30.1. The average Bonchev–Trinajstić information content (AvgIpc) is 1.52. The van der Waals surface area contributed by atoms with Crippen molar-refractivity contribution in [2.75, 3.05) is 42.3 Å². The van der Waals surface area contributed by atoms with Gasteiger partial charge in [-0.1, -0.05) is 37.3 Å². The van der Waals surface area contributed by atoms with Gasteiger partial charge < -0.3 is 32.6 Å². The van der Waals surface area contributed by atoms with E-state index < -0.39 is 43.1 Å². The Morgan fingerprint density at radius 1 is 0.602 bits per heavy atom. The minimum Gasteiger partial charge on any atom is -0.455 e. The number of hydrogen-bond donors (Lipinski definition) is 1. The zero-order valence-electron chi connectivity index (χ0n) is 55.4. The zero-order valence-corrected chi connectivity index (χ0v) is 58.7. The minimum atomic E-state index is -3.82. The number of ketones is 1. The zero-order chi connectivity index (χ0) is 71.0. The summed E-state index contributed by atoms with van der Waals surface area (Å²) in [7, 11) is -0.539. The fraction of sp³-hybridized carbons (Fsp3) is 0.233. The van der Waals surface area contributed by atoms with E-state index in [0.29, 0.717) is 61.5 Å². The second-order valence-electron chi connectivity index (χ2n) is 25.2. The van der Waals surface area contributed by atoms with E-state index in [0.717, 1.165) is 43.3 Å². The lowest BCUT2D eigenvalue weighted by molar-refractivity contribution is 0.00578. The Morgan fingerprint density at radius 3 is 1.51 bits per heavy atom. The number of benzene rings is 6. The van der Waals surface area contributed by atoms with Gasteiger partial charge in [0.25, 0.3) is 17.0 Å². The maximum absolute atomic E-state index is 14.5. The summed E-state index contributed by atoms with van der Waals surface area (Å²) in [5.41, 5.74) is 7.09. The molecule has 1 saturated heterocycles. The largest absolute Gasteiger partial charge is 0.490 e. The van der Waals surface area contributed by atoms with Gasteiger partial charge in [-0.2, -0.15) is 0 Å². The van der Waals surface area contributed by atoms with E-state index in [9.17, 15) is 53.6 Å². The van der Waals surface area contributed by atoms with Crippen molar-refractivity contribution in [1.29, 1.82) is 0 Å². The molecule has 0 bridgehead atoms. The van der Waals surface area contributed by atoms with Crippen LogP contribution >= 0.6 is 15.9 Å². The number of hydrogen-bond acceptors (Lipinski definition) is 12. The molecule has 6 aromatic carbocycles. The molecule has 2 aliphatic carbocycles. The summed E-state index contributed by atoms with van der Waals surface area (Å²) in [6.45, 7) is 9.81. The first kappa shape index (κ1) is 69.9. The molecule has 3 aliphatic rings. The molecule has 1 aliphatic heterocycles. The minimum absolute atomic E-state index is 0.140. The van der Waals surface area contributed by atoms with Crippen molar-refractivity contribution in [1.82, 2.24) is 14.5 Å². The van der Waals surface area contributed by atoms with Crippen LogP contribution in [0.15, 0.2) is 162 Å². The molecular formula is C73H67BBrF4N5O12S2. The Hall–Kier alpha value is -9.40. The van der Waals surface area contributed by atoms with Crippen LogP contribution in [0.2, 0.25) is 0 Å². The summed E-state index contributed by atoms with van der Waals surface area (Å²) in [6, 6.07) is 30.4. The predicted octanol–water partition coefficient (Wildman–Crippen LogP) is 14.3. The Morgan fingerprint density at radius 2 is 1.05 bits per heavy atom. The van der Waals surface area contributed by atoms with Crippen molar-refractivity contribution in [3.8, 4) is 44.9 Å². The number of nitrogens with zero attached hydrogens (tertiary/aromatic N) is 4. The molecule has 10 aromatic rings. The monoisotopic (exact) mass is 1440 g/mol. The summed E-state index contributed by atoms with van der Waals surface area (Å²) in [4.78, 5) is 53.0. The van der Waals surface area contributed by atoms with Crippen LogP contribution < -0.4 is 25.0 Å². The molecule has 0 radical (unpaired) electrons. The highest BCUT2D eigenvalue weighted by molar-refractivity contribution is 9.10. The van der Waals surface area contributed by atoms with Crippen molar-refractivity contribution >= 4 is 106 Å². The summed E-state index contributed by atoms with van der Waals surface area (Å²) in [5.74, 6) is -1.72. The number of allylic oxidation sites excluding steroid dienone is 2. The molecular weight excluding hydrogens is 1370 g/mol. The number of amides is 1. The molecule has 13 rings (SSSR count). The highest BCUT2D eigenvalue weighted by atomic mass is 79.9. The molecule has 506 valence electrons. The van der Waals surface area contributed by atoms with E-state index in [4.69, 9.17) is 18.1 Å². The first-order chi connectivity index (χ1) is 46.1. The van der Waals surface area contributed by atoms with Crippen molar-refractivity contribution < 1.29 is 62.1 Å². The average molecular weight is 1440 g/mol. The van der Waals surface area contributed by atoms with E-state index in [1.807, 2.05) is 45.9 Å². The SMILES string of the molecule is CC1(C)OB(C2=Cc3c(F)cccc3C2)OC1(C)C.CCC(=O)c1c(-c2ccc(F)cc2)oc2cc(N(C)S(C)(=O)=O)c(-c3cc(Br)cn(C)c3=O)cc12.CNC(=O)c1c(-c2ccc(F)cc2)oc2cc(N(C)S(C)(=O)=O)c(-c3cc(C4=Cc5c(F)cccc5C4)cn(C)c3=O)cc12. The predicted molar refractivity (Wildman–Crippen MR) is 379 cm³/mol. The summed E-state index contributed by atoms with van der Waals surface area (Å²) < 4.78 is 136. The number of pyridine rings is 2. The molecule has 0 saturated carbocycles. The number of furan rings is 2. The quantitative estimate of drug-likeness (QED) is 0.0649. The highest BCUT2D eigenvalue weighted by Gasteiger charge is 2.53. The molecule has 1 N–H and O–H groups in total. The third-order valence-corrected chi connectivity index (χ3v) is 20.9. The van der Waals surface area contributed by atoms with Crippen molar-refractivity contribution in [2.24, 2.45) is 14.1 Å². The van der Waals surface area contributed by atoms with Crippen LogP contribution in [0.4, 0.5) is 28.9 Å². The maximum Gasteiger partial charge on any atom is 0.490 e. The van der Waals surface area contributed by atoms with Crippen LogP contribution in [-0.4, -0.2) is 89.6 Å². The number of fused-ring (bicyclic) bond motifs is 4. The van der Waals surface area contributed by atoms with Gasteiger partial charge in [-0.05, 0) is 175 Å². The number of Topliss-reactive ketones (excluding diaryl/α,β-unsaturated/α-hetero) is 1. The lowest BCUT2D eigenvalue weighted by Crippen LogP contribution is -2.41. The standard InChI is InChI=1S/C33H27F2N3O5S.C25H22BrFN2O5S.C15H18BFO2/c1-36-32(39)30-26-15-24(25-14-21(17-37(2)33(25)40)20-12-19-6-5-7-27(35)23(19)13-20)28(38(3)44(4,41)42)16-29(26)43-31(30)18-8-10-22(34)11-9-18;1-5-21(30)23-19-11-17(18-10-15(26)13-28(2)25(18)31)20(29(3)35(4,32)33)12-22(19)34-24(23)14-6-8-16(27)9-7-14;1-14(2)15(3,4)19-16(18-14)11-8-10-6-5-7-13(17)12(10)9-11/h5-11,13-17H,12H2,1-4H3,(H,36,39);6-13H,5H2,1-4H3;5-7,9H,8H2,1-4H3. The fourth-order valence-electron chi connectivity index (χ4n) is 11.9. The molecule has 5 heterocycles. The Balaban J connectivity index is 0.000000160. The fourth-order valence-corrected chi connectivity index (χ4v) is 13.5. The lowest BCUT2D eigenvalue weighted by atomic mass is 9.77. The van der Waals surface area contributed by atoms with Crippen molar-refractivity contribution in [3.63, 3.8) is 0 Å². The van der Waals surface area contributed by atoms with Gasteiger partial charge in [0.1, 0.15) is 46.0 Å². The number of carbonyl (C=O) groups is 2. The number of anilines is 2. The van der Waals surface area contributed by atoms with Crippen LogP contribution in [0, 0.1) is 23.3 Å². The van der Waals surface area contributed by atoms with Gasteiger partial charge in [-0.25, -0.2) is 34.4 Å². The Labute approximate surface area is 572 Å². The summed E-state index contributed by atoms with van der Waals surface area (Å²) >= 11 is 3.39. The van der Waals surface area contributed by atoms with E-state index in [-0.39, 0.29) is 110 Å². The molecule has 4 aromatic heterocycles. The van der Waals surface area contributed by atoms with Crippen LogP contribution in [0.3, 0.4) is 0 Å². The topological polar surface area (TPSA) is 210 Å². The maximum atomic E-state index is 14.5. The highest BCUT2D eigenvalue weighted by Crippen LogP contribution is 2.46. The van der Waals surface area contributed by atoms with Gasteiger partial charge in [0.05, 0.1) is 51.8 Å². The van der Waals surface area contributed by atoms with E-state index in [1.54, 1.807) is 75.9 Å². The third-order valence-electron chi connectivity index (χ3n) is 18.1. The molecule has 0 unspecified atom stereocenters. The summed E-state index contributed by atoms with van der Waals surface area (Å²) in [6.07, 6.45) is 10.3. The van der Waals surface area contributed by atoms with Gasteiger partial charge in [-0.15, -0.1) is 0 Å². The Kier molecular flexibility index (Phi) is 18.9. The van der Waals surface area contributed by atoms with Crippen LogP contribution in [0.1, 0.15) is 89.6 Å². The lowest BCUT2D eigenvalue weighted by Gasteiger charge is -2.32. The van der Waals surface area contributed by atoms with Crippen molar-refractivity contribution in [2.45, 2.75) is 65.1 Å².